The van der Waals surface area contributed by atoms with Gasteiger partial charge in [0.15, 0.2) is 5.96 Å². The van der Waals surface area contributed by atoms with Crippen molar-refractivity contribution in [1.29, 1.82) is 0 Å². The molecule has 0 radical (unpaired) electrons. The Kier molecular flexibility index (Phi) is 4.14. The molecule has 0 bridgehead atoms. The van der Waals surface area contributed by atoms with Crippen molar-refractivity contribution in [3.63, 3.8) is 0 Å². The van der Waals surface area contributed by atoms with Crippen molar-refractivity contribution in [2.24, 2.45) is 4.99 Å². The number of hydrogen-bond acceptors (Lipinski definition) is 1. The van der Waals surface area contributed by atoms with Crippen LogP contribution in [0.3, 0.4) is 0 Å². The Morgan fingerprint density at radius 3 is 2.47 bits per heavy atom. The second-order valence-electron chi connectivity index (χ2n) is 4.93. The third kappa shape index (κ3) is 3.29. The summed E-state index contributed by atoms with van der Waals surface area (Å²) in [6, 6.07) is 8.37. The van der Waals surface area contributed by atoms with Gasteiger partial charge in [0, 0.05) is 49.3 Å². The van der Waals surface area contributed by atoms with E-state index in [1.165, 1.54) is 5.39 Å². The summed E-state index contributed by atoms with van der Waals surface area (Å²) in [6.07, 6.45) is 0. The van der Waals surface area contributed by atoms with Crippen molar-refractivity contribution in [1.82, 2.24) is 14.8 Å². The summed E-state index contributed by atoms with van der Waals surface area (Å²) in [5.74, 6) is 0.958. The molecule has 0 atom stereocenters. The monoisotopic (exact) mass is 322 g/mol. The van der Waals surface area contributed by atoms with E-state index in [1.807, 2.05) is 44.1 Å². The lowest BCUT2D eigenvalue weighted by atomic mass is 10.2. The van der Waals surface area contributed by atoms with Gasteiger partial charge < -0.3 is 14.8 Å². The van der Waals surface area contributed by atoms with E-state index < -0.39 is 0 Å². The van der Waals surface area contributed by atoms with Crippen molar-refractivity contribution < 1.29 is 0 Å². The van der Waals surface area contributed by atoms with Crippen molar-refractivity contribution >= 4 is 32.8 Å². The molecule has 0 saturated heterocycles. The standard InChI is InChI=1S/C14H19BrN4/c1-18(2)14(19(3)4)16-9-12-8-10-7-11(15)5-6-13(10)17-12/h5-8,17H,9H2,1-4H3. The maximum absolute atomic E-state index is 4.64. The number of aliphatic imine (C=N–C) groups is 1. The van der Waals surface area contributed by atoms with Gasteiger partial charge in [0.05, 0.1) is 6.54 Å². The Labute approximate surface area is 122 Å². The normalized spacial score (nSPS) is 10.6. The van der Waals surface area contributed by atoms with Gasteiger partial charge in [-0.1, -0.05) is 15.9 Å². The van der Waals surface area contributed by atoms with Gasteiger partial charge in [-0.15, -0.1) is 0 Å². The zero-order valence-corrected chi connectivity index (χ0v) is 13.3. The number of nitrogens with one attached hydrogen (secondary N) is 1. The molecule has 0 spiro atoms. The minimum atomic E-state index is 0.651. The van der Waals surface area contributed by atoms with Crippen LogP contribution in [0.2, 0.25) is 0 Å². The number of halogens is 1. The van der Waals surface area contributed by atoms with E-state index in [-0.39, 0.29) is 0 Å². The number of aromatic nitrogens is 1. The molecule has 0 aliphatic carbocycles. The molecule has 4 nitrogen and oxygen atoms in total. The summed E-state index contributed by atoms with van der Waals surface area (Å²) in [5, 5.41) is 1.20. The van der Waals surface area contributed by atoms with Crippen LogP contribution in [-0.2, 0) is 6.54 Å². The highest BCUT2D eigenvalue weighted by molar-refractivity contribution is 9.10. The van der Waals surface area contributed by atoms with Crippen LogP contribution in [0.25, 0.3) is 10.9 Å². The Morgan fingerprint density at radius 2 is 1.84 bits per heavy atom. The van der Waals surface area contributed by atoms with E-state index in [0.717, 1.165) is 21.6 Å². The van der Waals surface area contributed by atoms with Crippen LogP contribution in [0, 0.1) is 0 Å². The largest absolute Gasteiger partial charge is 0.357 e. The van der Waals surface area contributed by atoms with Crippen molar-refractivity contribution in [3.8, 4) is 0 Å². The molecule has 19 heavy (non-hydrogen) atoms. The topological polar surface area (TPSA) is 34.6 Å². The average Bonchev–Trinajstić information content (AvgIpc) is 2.70. The van der Waals surface area contributed by atoms with E-state index in [4.69, 9.17) is 0 Å². The minimum absolute atomic E-state index is 0.651. The number of H-pyrrole nitrogens is 1. The zero-order chi connectivity index (χ0) is 14.0. The van der Waals surface area contributed by atoms with Crippen LogP contribution in [0.4, 0.5) is 0 Å². The minimum Gasteiger partial charge on any atom is -0.357 e. The highest BCUT2D eigenvalue weighted by Crippen LogP contribution is 2.20. The molecule has 0 saturated carbocycles. The van der Waals surface area contributed by atoms with Crippen LogP contribution in [0.5, 0.6) is 0 Å². The van der Waals surface area contributed by atoms with Crippen molar-refractivity contribution in [2.45, 2.75) is 6.54 Å². The second kappa shape index (κ2) is 5.65. The SMILES string of the molecule is CN(C)C(=NCc1cc2cc(Br)ccc2[nH]1)N(C)C. The molecule has 0 unspecified atom stereocenters. The molecule has 0 fully saturated rings. The molecule has 1 heterocycles. The number of benzene rings is 1. The molecule has 1 N–H and O–H groups in total. The lowest BCUT2D eigenvalue weighted by molar-refractivity contribution is 0.479. The molecule has 102 valence electrons. The molecular weight excluding hydrogens is 304 g/mol. The summed E-state index contributed by atoms with van der Waals surface area (Å²) in [7, 11) is 8.00. The van der Waals surface area contributed by atoms with Crippen LogP contribution in [0.1, 0.15) is 5.69 Å². The van der Waals surface area contributed by atoms with Gasteiger partial charge in [-0.25, -0.2) is 4.99 Å². The van der Waals surface area contributed by atoms with Crippen LogP contribution < -0.4 is 0 Å². The lowest BCUT2D eigenvalue weighted by Crippen LogP contribution is -2.35. The number of hydrogen-bond donors (Lipinski definition) is 1. The number of aromatic amines is 1. The zero-order valence-electron chi connectivity index (χ0n) is 11.7. The molecule has 5 heteroatoms. The molecule has 2 rings (SSSR count). The molecular formula is C14H19BrN4. The average molecular weight is 323 g/mol. The quantitative estimate of drug-likeness (QED) is 0.681. The summed E-state index contributed by atoms with van der Waals surface area (Å²) >= 11 is 3.49. The van der Waals surface area contributed by atoms with Gasteiger partial charge in [-0.05, 0) is 24.3 Å². The predicted molar refractivity (Wildman–Crippen MR) is 84.5 cm³/mol. The van der Waals surface area contributed by atoms with Crippen LogP contribution in [0.15, 0.2) is 33.7 Å². The van der Waals surface area contributed by atoms with Gasteiger partial charge >= 0.3 is 0 Å². The summed E-state index contributed by atoms with van der Waals surface area (Å²) < 4.78 is 1.09. The van der Waals surface area contributed by atoms with Gasteiger partial charge in [-0.3, -0.25) is 0 Å². The van der Waals surface area contributed by atoms with Crippen molar-refractivity contribution in [2.75, 3.05) is 28.2 Å². The fourth-order valence-electron chi connectivity index (χ4n) is 2.09. The number of rotatable bonds is 2. The van der Waals surface area contributed by atoms with Crippen LogP contribution >= 0.6 is 15.9 Å². The summed E-state index contributed by atoms with van der Waals surface area (Å²) in [4.78, 5) is 12.1. The maximum atomic E-state index is 4.64. The first-order valence-corrected chi connectivity index (χ1v) is 6.93. The molecule has 0 aliphatic rings. The van der Waals surface area contributed by atoms with Gasteiger partial charge in [-0.2, -0.15) is 0 Å². The number of fused-ring (bicyclic) bond motifs is 1. The number of guanidine groups is 1. The first-order chi connectivity index (χ1) is 8.97. The fourth-order valence-corrected chi connectivity index (χ4v) is 2.47. The smallest absolute Gasteiger partial charge is 0.195 e. The Bertz CT molecular complexity index is 589. The van der Waals surface area contributed by atoms with Crippen molar-refractivity contribution in [3.05, 3.63) is 34.4 Å². The Morgan fingerprint density at radius 1 is 1.16 bits per heavy atom. The Hall–Kier alpha value is -1.49. The highest BCUT2D eigenvalue weighted by Gasteiger charge is 2.05. The lowest BCUT2D eigenvalue weighted by Gasteiger charge is -2.22. The van der Waals surface area contributed by atoms with E-state index in [9.17, 15) is 0 Å². The fraction of sp³-hybridized carbons (Fsp3) is 0.357. The second-order valence-corrected chi connectivity index (χ2v) is 5.85. The van der Waals surface area contributed by atoms with E-state index in [1.54, 1.807) is 0 Å². The predicted octanol–water partition coefficient (Wildman–Crippen LogP) is 2.91. The van der Waals surface area contributed by atoms with Crippen LogP contribution in [-0.4, -0.2) is 48.9 Å². The summed E-state index contributed by atoms with van der Waals surface area (Å²) in [6.45, 7) is 0.651. The van der Waals surface area contributed by atoms with E-state index in [0.29, 0.717) is 6.54 Å². The molecule has 1 aromatic heterocycles. The molecule has 0 amide bonds. The van der Waals surface area contributed by atoms with Gasteiger partial charge in [0.1, 0.15) is 0 Å². The number of nitrogens with zero attached hydrogens (tertiary/aromatic N) is 3. The van der Waals surface area contributed by atoms with E-state index in [2.05, 4.69) is 44.1 Å². The molecule has 0 aliphatic heterocycles. The first kappa shape index (κ1) is 13.9. The maximum Gasteiger partial charge on any atom is 0.195 e. The highest BCUT2D eigenvalue weighted by atomic mass is 79.9. The van der Waals surface area contributed by atoms with Gasteiger partial charge in [0.25, 0.3) is 0 Å². The van der Waals surface area contributed by atoms with E-state index >= 15 is 0 Å². The Balaban J connectivity index is 2.23. The third-order valence-corrected chi connectivity index (χ3v) is 3.32. The molecule has 1 aromatic carbocycles. The summed E-state index contributed by atoms with van der Waals surface area (Å²) in [5.41, 5.74) is 2.26. The van der Waals surface area contributed by atoms with Gasteiger partial charge in [0.2, 0.25) is 0 Å². The molecule has 2 aromatic rings. The first-order valence-electron chi connectivity index (χ1n) is 6.13. The third-order valence-electron chi connectivity index (χ3n) is 2.83.